The zero-order chi connectivity index (χ0) is 18.7. The average Bonchev–Trinajstić information content (AvgIpc) is 3.15. The van der Waals surface area contributed by atoms with Gasteiger partial charge in [0.2, 0.25) is 0 Å². The average molecular weight is 353 g/mol. The molecule has 1 N–H and O–H groups in total. The molecule has 3 rings (SSSR count). The third kappa shape index (κ3) is 3.33. The van der Waals surface area contributed by atoms with Gasteiger partial charge in [-0.15, -0.1) is 0 Å². The monoisotopic (exact) mass is 353 g/mol. The maximum Gasteiger partial charge on any atom is 0.261 e. The molecule has 7 nitrogen and oxygen atoms in total. The molecule has 2 heterocycles. The van der Waals surface area contributed by atoms with Crippen molar-refractivity contribution in [1.29, 1.82) is 0 Å². The Hall–Kier alpha value is -3.09. The number of aryl methyl sites for hydroxylation is 1. The molecule has 1 aromatic heterocycles. The third-order valence-corrected chi connectivity index (χ3v) is 4.52. The SMILES string of the molecule is CN=C(NCCN1C(=O)c2ccccc2C1=O)N(C)Cc1cccn1C. The number of rotatable bonds is 5. The van der Waals surface area contributed by atoms with E-state index in [1.54, 1.807) is 31.3 Å². The van der Waals surface area contributed by atoms with Crippen molar-refractivity contribution in [1.82, 2.24) is 19.7 Å². The summed E-state index contributed by atoms with van der Waals surface area (Å²) in [5, 5.41) is 3.22. The Kier molecular flexibility index (Phi) is 5.06. The smallest absolute Gasteiger partial charge is 0.261 e. The van der Waals surface area contributed by atoms with Gasteiger partial charge in [0.25, 0.3) is 11.8 Å². The summed E-state index contributed by atoms with van der Waals surface area (Å²) >= 11 is 0. The van der Waals surface area contributed by atoms with Gasteiger partial charge in [0.15, 0.2) is 5.96 Å². The van der Waals surface area contributed by atoms with Crippen molar-refractivity contribution in [3.8, 4) is 0 Å². The minimum atomic E-state index is -0.237. The molecule has 0 aliphatic carbocycles. The van der Waals surface area contributed by atoms with Crippen LogP contribution in [0.2, 0.25) is 0 Å². The van der Waals surface area contributed by atoms with Crippen LogP contribution in [0.25, 0.3) is 0 Å². The van der Waals surface area contributed by atoms with Gasteiger partial charge in [-0.25, -0.2) is 0 Å². The highest BCUT2D eigenvalue weighted by Gasteiger charge is 2.34. The highest BCUT2D eigenvalue weighted by Crippen LogP contribution is 2.21. The van der Waals surface area contributed by atoms with E-state index in [1.807, 2.05) is 31.3 Å². The highest BCUT2D eigenvalue weighted by molar-refractivity contribution is 6.21. The maximum atomic E-state index is 12.4. The lowest BCUT2D eigenvalue weighted by Crippen LogP contribution is -2.43. The van der Waals surface area contributed by atoms with Crippen molar-refractivity contribution in [3.05, 3.63) is 59.4 Å². The van der Waals surface area contributed by atoms with E-state index in [2.05, 4.69) is 20.9 Å². The first-order valence-electron chi connectivity index (χ1n) is 8.50. The molecule has 2 amide bonds. The Morgan fingerprint density at radius 2 is 1.77 bits per heavy atom. The van der Waals surface area contributed by atoms with Gasteiger partial charge in [-0.2, -0.15) is 0 Å². The van der Waals surface area contributed by atoms with Crippen molar-refractivity contribution in [3.63, 3.8) is 0 Å². The number of guanidine groups is 1. The van der Waals surface area contributed by atoms with Crippen molar-refractivity contribution >= 4 is 17.8 Å². The number of imide groups is 1. The molecule has 0 fully saturated rings. The quantitative estimate of drug-likeness (QED) is 0.500. The number of amides is 2. The number of benzene rings is 1. The number of nitrogens with one attached hydrogen (secondary N) is 1. The second-order valence-corrected chi connectivity index (χ2v) is 6.25. The first kappa shape index (κ1) is 17.7. The van der Waals surface area contributed by atoms with E-state index in [9.17, 15) is 9.59 Å². The number of aromatic nitrogens is 1. The highest BCUT2D eigenvalue weighted by atomic mass is 16.2. The molecule has 0 unspecified atom stereocenters. The summed E-state index contributed by atoms with van der Waals surface area (Å²) in [6, 6.07) is 11.0. The predicted octanol–water partition coefficient (Wildman–Crippen LogP) is 1.33. The lowest BCUT2D eigenvalue weighted by molar-refractivity contribution is 0.0657. The molecular formula is C19H23N5O2. The third-order valence-electron chi connectivity index (χ3n) is 4.52. The molecule has 7 heteroatoms. The number of aliphatic imine (C=N–C) groups is 1. The van der Waals surface area contributed by atoms with Crippen LogP contribution in [-0.2, 0) is 13.6 Å². The molecule has 0 atom stereocenters. The van der Waals surface area contributed by atoms with Gasteiger partial charge in [0.05, 0.1) is 17.7 Å². The van der Waals surface area contributed by atoms with Crippen LogP contribution in [-0.4, -0.2) is 59.3 Å². The molecule has 0 bridgehead atoms. The largest absolute Gasteiger partial charge is 0.354 e. The minimum Gasteiger partial charge on any atom is -0.354 e. The molecule has 0 saturated heterocycles. The van der Waals surface area contributed by atoms with Crippen LogP contribution < -0.4 is 5.32 Å². The standard InChI is InChI=1S/C19H23N5O2/c1-20-19(23(3)13-14-7-6-11-22(14)2)21-10-12-24-17(25)15-8-4-5-9-16(15)18(24)26/h4-9,11H,10,12-13H2,1-3H3,(H,20,21). The lowest BCUT2D eigenvalue weighted by Gasteiger charge is -2.23. The van der Waals surface area contributed by atoms with Gasteiger partial charge in [0, 0.05) is 46.1 Å². The molecule has 136 valence electrons. The summed E-state index contributed by atoms with van der Waals surface area (Å²) in [5.41, 5.74) is 2.11. The lowest BCUT2D eigenvalue weighted by atomic mass is 10.1. The van der Waals surface area contributed by atoms with Crippen LogP contribution in [0, 0.1) is 0 Å². The van der Waals surface area contributed by atoms with Gasteiger partial charge in [0.1, 0.15) is 0 Å². The van der Waals surface area contributed by atoms with Crippen molar-refractivity contribution < 1.29 is 9.59 Å². The summed E-state index contributed by atoms with van der Waals surface area (Å²) in [4.78, 5) is 32.3. The second kappa shape index (κ2) is 7.43. The normalized spacial score (nSPS) is 14.0. The molecule has 0 saturated carbocycles. The summed E-state index contributed by atoms with van der Waals surface area (Å²) in [5.74, 6) is 0.238. The van der Waals surface area contributed by atoms with E-state index in [0.29, 0.717) is 36.7 Å². The summed E-state index contributed by atoms with van der Waals surface area (Å²) < 4.78 is 2.06. The van der Waals surface area contributed by atoms with Crippen LogP contribution in [0.15, 0.2) is 47.6 Å². The van der Waals surface area contributed by atoms with Crippen LogP contribution in [0.1, 0.15) is 26.4 Å². The Labute approximate surface area is 152 Å². The molecule has 1 aromatic carbocycles. The number of carbonyl (C=O) groups is 2. The predicted molar refractivity (Wildman–Crippen MR) is 100 cm³/mol. The van der Waals surface area contributed by atoms with E-state index in [1.165, 1.54) is 4.90 Å². The van der Waals surface area contributed by atoms with Crippen molar-refractivity contribution in [2.45, 2.75) is 6.54 Å². The van der Waals surface area contributed by atoms with Gasteiger partial charge < -0.3 is 14.8 Å². The number of nitrogens with zero attached hydrogens (tertiary/aromatic N) is 4. The molecule has 1 aliphatic rings. The molecule has 1 aliphatic heterocycles. The van der Waals surface area contributed by atoms with E-state index in [0.717, 1.165) is 5.69 Å². The zero-order valence-corrected chi connectivity index (χ0v) is 15.3. The Morgan fingerprint density at radius 3 is 2.31 bits per heavy atom. The fourth-order valence-electron chi connectivity index (χ4n) is 3.09. The molecule has 2 aromatic rings. The summed E-state index contributed by atoms with van der Waals surface area (Å²) in [6.07, 6.45) is 2.00. The van der Waals surface area contributed by atoms with Gasteiger partial charge in [-0.3, -0.25) is 19.5 Å². The van der Waals surface area contributed by atoms with Crippen LogP contribution in [0.5, 0.6) is 0 Å². The zero-order valence-electron chi connectivity index (χ0n) is 15.3. The van der Waals surface area contributed by atoms with Gasteiger partial charge in [-0.05, 0) is 24.3 Å². The van der Waals surface area contributed by atoms with Crippen molar-refractivity contribution in [2.75, 3.05) is 27.2 Å². The Morgan fingerprint density at radius 1 is 1.12 bits per heavy atom. The molecule has 26 heavy (non-hydrogen) atoms. The minimum absolute atomic E-state index is 0.237. The van der Waals surface area contributed by atoms with Crippen LogP contribution in [0.4, 0.5) is 0 Å². The molecule has 0 spiro atoms. The van der Waals surface area contributed by atoms with Gasteiger partial charge in [-0.1, -0.05) is 12.1 Å². The Bertz CT molecular complexity index is 820. The second-order valence-electron chi connectivity index (χ2n) is 6.25. The van der Waals surface area contributed by atoms with E-state index >= 15 is 0 Å². The van der Waals surface area contributed by atoms with E-state index in [-0.39, 0.29) is 11.8 Å². The molecular weight excluding hydrogens is 330 g/mol. The van der Waals surface area contributed by atoms with E-state index < -0.39 is 0 Å². The number of hydrogen-bond acceptors (Lipinski definition) is 3. The van der Waals surface area contributed by atoms with Crippen LogP contribution >= 0.6 is 0 Å². The fourth-order valence-corrected chi connectivity index (χ4v) is 3.09. The van der Waals surface area contributed by atoms with Crippen molar-refractivity contribution in [2.24, 2.45) is 12.0 Å². The fraction of sp³-hybridized carbons (Fsp3) is 0.316. The molecule has 0 radical (unpaired) electrons. The topological polar surface area (TPSA) is 69.9 Å². The summed E-state index contributed by atoms with van der Waals surface area (Å²) in [6.45, 7) is 1.44. The number of carbonyl (C=O) groups excluding carboxylic acids is 2. The van der Waals surface area contributed by atoms with Crippen LogP contribution in [0.3, 0.4) is 0 Å². The maximum absolute atomic E-state index is 12.4. The first-order valence-corrected chi connectivity index (χ1v) is 8.50. The van der Waals surface area contributed by atoms with Gasteiger partial charge >= 0.3 is 0 Å². The van der Waals surface area contributed by atoms with E-state index in [4.69, 9.17) is 0 Å². The summed E-state index contributed by atoms with van der Waals surface area (Å²) in [7, 11) is 5.66. The first-order chi connectivity index (χ1) is 12.5. The number of fused-ring (bicyclic) bond motifs is 1. The Balaban J connectivity index is 1.56. The number of hydrogen-bond donors (Lipinski definition) is 1.